The lowest BCUT2D eigenvalue weighted by Crippen LogP contribution is -2.06. The SMILES string of the molecule is O=[N+]([O-])c1ccc(OC(F)F)c(NCc2cnc(Cl)s2)c1. The Morgan fingerprint density at radius 2 is 2.29 bits per heavy atom. The molecule has 0 aliphatic rings. The summed E-state index contributed by atoms with van der Waals surface area (Å²) < 4.78 is 29.3. The van der Waals surface area contributed by atoms with Crippen molar-refractivity contribution in [3.63, 3.8) is 0 Å². The molecule has 0 bridgehead atoms. The summed E-state index contributed by atoms with van der Waals surface area (Å²) in [5.41, 5.74) is -0.143. The molecule has 0 aliphatic carbocycles. The fraction of sp³-hybridized carbons (Fsp3) is 0.182. The zero-order chi connectivity index (χ0) is 15.4. The van der Waals surface area contributed by atoms with E-state index in [1.807, 2.05) is 0 Å². The summed E-state index contributed by atoms with van der Waals surface area (Å²) in [5.74, 6) is -0.175. The van der Waals surface area contributed by atoms with Gasteiger partial charge in [0.25, 0.3) is 5.69 Å². The summed E-state index contributed by atoms with van der Waals surface area (Å²) in [7, 11) is 0. The molecule has 0 atom stereocenters. The number of non-ortho nitro benzene ring substituents is 1. The Balaban J connectivity index is 2.20. The number of rotatable bonds is 6. The highest BCUT2D eigenvalue weighted by molar-refractivity contribution is 7.15. The van der Waals surface area contributed by atoms with Crippen LogP contribution in [-0.2, 0) is 6.54 Å². The third-order valence-corrected chi connectivity index (χ3v) is 3.48. The molecule has 0 saturated carbocycles. The average Bonchev–Trinajstić information content (AvgIpc) is 2.82. The quantitative estimate of drug-likeness (QED) is 0.639. The number of hydrogen-bond acceptors (Lipinski definition) is 6. The normalized spacial score (nSPS) is 10.7. The second-order valence-corrected chi connectivity index (χ2v) is 5.45. The Morgan fingerprint density at radius 3 is 2.86 bits per heavy atom. The molecule has 1 heterocycles. The fourth-order valence-electron chi connectivity index (χ4n) is 1.52. The molecular weight excluding hydrogens is 328 g/mol. The second-order valence-electron chi connectivity index (χ2n) is 3.75. The van der Waals surface area contributed by atoms with Crippen molar-refractivity contribution in [2.24, 2.45) is 0 Å². The Labute approximate surface area is 126 Å². The molecule has 2 rings (SSSR count). The Kier molecular flexibility index (Phi) is 4.86. The molecule has 112 valence electrons. The number of ether oxygens (including phenoxy) is 1. The van der Waals surface area contributed by atoms with Crippen LogP contribution in [0.2, 0.25) is 4.47 Å². The van der Waals surface area contributed by atoms with E-state index in [1.165, 1.54) is 17.5 Å². The van der Waals surface area contributed by atoms with Crippen LogP contribution < -0.4 is 10.1 Å². The lowest BCUT2D eigenvalue weighted by Gasteiger charge is -2.11. The van der Waals surface area contributed by atoms with Gasteiger partial charge in [0.2, 0.25) is 0 Å². The molecular formula is C11H8ClF2N3O3S. The second kappa shape index (κ2) is 6.64. The number of aromatic nitrogens is 1. The van der Waals surface area contributed by atoms with Crippen molar-refractivity contribution in [3.8, 4) is 5.75 Å². The smallest absolute Gasteiger partial charge is 0.387 e. The van der Waals surface area contributed by atoms with Crippen molar-refractivity contribution in [1.29, 1.82) is 0 Å². The molecule has 21 heavy (non-hydrogen) atoms. The number of nitro groups is 1. The van der Waals surface area contributed by atoms with Gasteiger partial charge in [-0.05, 0) is 6.07 Å². The Bertz CT molecular complexity index is 653. The summed E-state index contributed by atoms with van der Waals surface area (Å²) in [6, 6.07) is 3.33. The largest absolute Gasteiger partial charge is 0.433 e. The molecule has 1 aromatic carbocycles. The number of anilines is 1. The minimum Gasteiger partial charge on any atom is -0.433 e. The van der Waals surface area contributed by atoms with E-state index in [-0.39, 0.29) is 23.7 Å². The lowest BCUT2D eigenvalue weighted by molar-refractivity contribution is -0.384. The summed E-state index contributed by atoms with van der Waals surface area (Å²) in [6.45, 7) is -2.80. The van der Waals surface area contributed by atoms with Gasteiger partial charge in [-0.2, -0.15) is 8.78 Å². The lowest BCUT2D eigenvalue weighted by atomic mass is 10.2. The van der Waals surface area contributed by atoms with Crippen LogP contribution in [-0.4, -0.2) is 16.5 Å². The first kappa shape index (κ1) is 15.4. The van der Waals surface area contributed by atoms with E-state index < -0.39 is 11.5 Å². The molecule has 0 radical (unpaired) electrons. The maximum Gasteiger partial charge on any atom is 0.387 e. The van der Waals surface area contributed by atoms with E-state index in [4.69, 9.17) is 11.6 Å². The van der Waals surface area contributed by atoms with Crippen molar-refractivity contribution < 1.29 is 18.4 Å². The standard InChI is InChI=1S/C11H8ClF2N3O3S/c12-10-16-5-7(21-10)4-15-8-3-6(17(18)19)1-2-9(8)20-11(13)14/h1-3,5,11,15H,4H2. The highest BCUT2D eigenvalue weighted by Gasteiger charge is 2.15. The molecule has 1 N–H and O–H groups in total. The van der Waals surface area contributed by atoms with Crippen molar-refractivity contribution in [1.82, 2.24) is 4.98 Å². The van der Waals surface area contributed by atoms with Crippen molar-refractivity contribution in [3.05, 3.63) is 43.9 Å². The minimum atomic E-state index is -3.02. The van der Waals surface area contributed by atoms with Gasteiger partial charge in [-0.15, -0.1) is 11.3 Å². The highest BCUT2D eigenvalue weighted by Crippen LogP contribution is 2.31. The number of nitro benzene ring substituents is 1. The predicted octanol–water partition coefficient (Wildman–Crippen LogP) is 3.92. The third-order valence-electron chi connectivity index (χ3n) is 2.37. The topological polar surface area (TPSA) is 77.3 Å². The van der Waals surface area contributed by atoms with E-state index in [0.29, 0.717) is 4.47 Å². The number of hydrogen-bond donors (Lipinski definition) is 1. The summed E-state index contributed by atoms with van der Waals surface area (Å²) >= 11 is 6.88. The van der Waals surface area contributed by atoms with Crippen molar-refractivity contribution in [2.75, 3.05) is 5.32 Å². The van der Waals surface area contributed by atoms with Crippen molar-refractivity contribution in [2.45, 2.75) is 13.2 Å². The van der Waals surface area contributed by atoms with Crippen LogP contribution in [0.15, 0.2) is 24.4 Å². The van der Waals surface area contributed by atoms with E-state index >= 15 is 0 Å². The zero-order valence-corrected chi connectivity index (χ0v) is 11.8. The van der Waals surface area contributed by atoms with E-state index in [1.54, 1.807) is 0 Å². The van der Waals surface area contributed by atoms with Crippen LogP contribution in [0.1, 0.15) is 4.88 Å². The van der Waals surface area contributed by atoms with Gasteiger partial charge in [-0.25, -0.2) is 4.98 Å². The molecule has 6 nitrogen and oxygen atoms in total. The molecule has 0 unspecified atom stereocenters. The van der Waals surface area contributed by atoms with Crippen LogP contribution in [0.4, 0.5) is 20.2 Å². The number of nitrogens with zero attached hydrogens (tertiary/aromatic N) is 2. The number of alkyl halides is 2. The molecule has 0 aliphatic heterocycles. The monoisotopic (exact) mass is 335 g/mol. The minimum absolute atomic E-state index is 0.0917. The third kappa shape index (κ3) is 4.23. The summed E-state index contributed by atoms with van der Waals surface area (Å²) in [4.78, 5) is 14.7. The van der Waals surface area contributed by atoms with E-state index in [2.05, 4.69) is 15.0 Å². The number of thiazole rings is 1. The van der Waals surface area contributed by atoms with Gasteiger partial charge in [0.05, 0.1) is 17.2 Å². The molecule has 0 saturated heterocycles. The first-order valence-corrected chi connectivity index (χ1v) is 6.72. The zero-order valence-electron chi connectivity index (χ0n) is 10.3. The van der Waals surface area contributed by atoms with E-state index in [0.717, 1.165) is 23.1 Å². The Hall–Kier alpha value is -2.00. The maximum absolute atomic E-state index is 12.3. The van der Waals surface area contributed by atoms with Gasteiger partial charge in [-0.3, -0.25) is 10.1 Å². The van der Waals surface area contributed by atoms with Crippen LogP contribution >= 0.6 is 22.9 Å². The molecule has 0 amide bonds. The van der Waals surface area contributed by atoms with Gasteiger partial charge in [-0.1, -0.05) is 11.6 Å². The van der Waals surface area contributed by atoms with Gasteiger partial charge >= 0.3 is 6.61 Å². The fourth-order valence-corrected chi connectivity index (χ4v) is 2.43. The van der Waals surface area contributed by atoms with Gasteiger partial charge < -0.3 is 10.1 Å². The number of nitrogens with one attached hydrogen (secondary N) is 1. The first-order valence-electron chi connectivity index (χ1n) is 5.53. The van der Waals surface area contributed by atoms with Crippen LogP contribution in [0.25, 0.3) is 0 Å². The van der Waals surface area contributed by atoms with Crippen LogP contribution in [0.3, 0.4) is 0 Å². The molecule has 10 heteroatoms. The number of benzene rings is 1. The number of halogens is 3. The molecule has 1 aromatic heterocycles. The summed E-state index contributed by atoms with van der Waals surface area (Å²) in [6.07, 6.45) is 1.52. The molecule has 0 spiro atoms. The van der Waals surface area contributed by atoms with Gasteiger partial charge in [0.15, 0.2) is 4.47 Å². The first-order chi connectivity index (χ1) is 9.95. The van der Waals surface area contributed by atoms with Crippen LogP contribution in [0, 0.1) is 10.1 Å². The highest BCUT2D eigenvalue weighted by atomic mass is 35.5. The maximum atomic E-state index is 12.3. The van der Waals surface area contributed by atoms with Gasteiger partial charge in [0.1, 0.15) is 5.75 Å². The Morgan fingerprint density at radius 1 is 1.52 bits per heavy atom. The average molecular weight is 336 g/mol. The van der Waals surface area contributed by atoms with E-state index in [9.17, 15) is 18.9 Å². The molecule has 2 aromatic rings. The predicted molar refractivity (Wildman–Crippen MR) is 74.2 cm³/mol. The summed E-state index contributed by atoms with van der Waals surface area (Å²) in [5, 5.41) is 13.5. The molecule has 0 fully saturated rings. The van der Waals surface area contributed by atoms with Crippen molar-refractivity contribution >= 4 is 34.3 Å². The van der Waals surface area contributed by atoms with Gasteiger partial charge in [0, 0.05) is 23.2 Å². The van der Waals surface area contributed by atoms with Crippen LogP contribution in [0.5, 0.6) is 5.75 Å².